The molecule has 0 aliphatic carbocycles. The molecule has 3 aromatic rings. The number of carbonyl (C=O) groups is 1. The van der Waals surface area contributed by atoms with E-state index in [-0.39, 0.29) is 11.8 Å². The van der Waals surface area contributed by atoms with Gasteiger partial charge in [0.1, 0.15) is 5.82 Å². The largest absolute Gasteiger partial charge is 0.327 e. The van der Waals surface area contributed by atoms with Crippen molar-refractivity contribution in [3.8, 4) is 0 Å². The van der Waals surface area contributed by atoms with Crippen LogP contribution in [0, 0.1) is 12.8 Å². The molecule has 4 nitrogen and oxygen atoms in total. The minimum absolute atomic E-state index is 0.133. The van der Waals surface area contributed by atoms with E-state index in [1.807, 2.05) is 29.2 Å². The predicted octanol–water partition coefficient (Wildman–Crippen LogP) is 4.52. The number of para-hydroxylation sites is 3. The van der Waals surface area contributed by atoms with E-state index in [0.29, 0.717) is 18.9 Å². The first-order chi connectivity index (χ1) is 12.5. The highest BCUT2D eigenvalue weighted by Crippen LogP contribution is 2.34. The zero-order valence-electron chi connectivity index (χ0n) is 15.6. The Morgan fingerprint density at radius 1 is 1.12 bits per heavy atom. The predicted molar refractivity (Wildman–Crippen MR) is 105 cm³/mol. The second kappa shape index (κ2) is 6.60. The fourth-order valence-corrected chi connectivity index (χ4v) is 3.94. The Hall–Kier alpha value is -2.62. The maximum atomic E-state index is 12.7. The van der Waals surface area contributed by atoms with E-state index in [0.717, 1.165) is 34.7 Å². The number of benzene rings is 2. The Kier molecular flexibility index (Phi) is 4.27. The van der Waals surface area contributed by atoms with E-state index in [4.69, 9.17) is 4.98 Å². The molecule has 1 saturated heterocycles. The van der Waals surface area contributed by atoms with Crippen LogP contribution in [0.1, 0.15) is 37.6 Å². The summed E-state index contributed by atoms with van der Waals surface area (Å²) in [5.74, 6) is 1.89. The summed E-state index contributed by atoms with van der Waals surface area (Å²) < 4.78 is 2.32. The fraction of sp³-hybridized carbons (Fsp3) is 0.364. The van der Waals surface area contributed by atoms with Gasteiger partial charge in [-0.3, -0.25) is 4.79 Å². The first kappa shape index (κ1) is 16.8. The minimum Gasteiger partial charge on any atom is -0.327 e. The third kappa shape index (κ3) is 2.90. The number of hydrogen-bond acceptors (Lipinski definition) is 2. The van der Waals surface area contributed by atoms with Crippen molar-refractivity contribution >= 4 is 22.6 Å². The van der Waals surface area contributed by atoms with Crippen molar-refractivity contribution in [1.29, 1.82) is 0 Å². The molecule has 0 radical (unpaired) electrons. The van der Waals surface area contributed by atoms with Crippen LogP contribution in [0.3, 0.4) is 0 Å². The van der Waals surface area contributed by atoms with Crippen LogP contribution in [0.2, 0.25) is 0 Å². The molecule has 2 aromatic carbocycles. The maximum Gasteiger partial charge on any atom is 0.227 e. The Bertz CT molecular complexity index is 957. The quantitative estimate of drug-likeness (QED) is 0.696. The summed E-state index contributed by atoms with van der Waals surface area (Å²) in [7, 11) is 0. The van der Waals surface area contributed by atoms with Crippen LogP contribution in [-0.4, -0.2) is 22.0 Å². The first-order valence-electron chi connectivity index (χ1n) is 9.35. The normalized spacial score (nSPS) is 17.6. The summed E-state index contributed by atoms with van der Waals surface area (Å²) >= 11 is 0. The third-order valence-corrected chi connectivity index (χ3v) is 5.13. The standard InChI is InChI=1S/C22H25N3O/c1-15(2)13-25-20-11-7-5-9-18(20)23-22(25)17-12-21(26)24(14-17)19-10-6-4-8-16(19)3/h4-11,15,17H,12-14H2,1-3H3. The average Bonchev–Trinajstić information content (AvgIpc) is 3.16. The van der Waals surface area contributed by atoms with Gasteiger partial charge in [-0.05, 0) is 36.6 Å². The topological polar surface area (TPSA) is 38.1 Å². The highest BCUT2D eigenvalue weighted by atomic mass is 16.2. The van der Waals surface area contributed by atoms with E-state index >= 15 is 0 Å². The molecule has 1 aromatic heterocycles. The van der Waals surface area contributed by atoms with Gasteiger partial charge < -0.3 is 9.47 Å². The molecule has 2 heterocycles. The van der Waals surface area contributed by atoms with Gasteiger partial charge in [0, 0.05) is 31.1 Å². The van der Waals surface area contributed by atoms with Crippen LogP contribution < -0.4 is 4.90 Å². The highest BCUT2D eigenvalue weighted by molar-refractivity contribution is 5.97. The number of anilines is 1. The molecule has 26 heavy (non-hydrogen) atoms. The molecule has 134 valence electrons. The average molecular weight is 347 g/mol. The minimum atomic E-state index is 0.133. The van der Waals surface area contributed by atoms with Gasteiger partial charge in [-0.25, -0.2) is 4.98 Å². The van der Waals surface area contributed by atoms with Gasteiger partial charge in [0.05, 0.1) is 11.0 Å². The van der Waals surface area contributed by atoms with E-state index < -0.39 is 0 Å². The van der Waals surface area contributed by atoms with E-state index in [1.165, 1.54) is 0 Å². The second-order valence-corrected chi connectivity index (χ2v) is 7.66. The number of rotatable bonds is 4. The van der Waals surface area contributed by atoms with Crippen molar-refractivity contribution in [2.45, 2.75) is 39.7 Å². The van der Waals surface area contributed by atoms with Crippen LogP contribution in [0.5, 0.6) is 0 Å². The lowest BCUT2D eigenvalue weighted by atomic mass is 10.1. The summed E-state index contributed by atoms with van der Waals surface area (Å²) in [6.45, 7) is 8.12. The summed E-state index contributed by atoms with van der Waals surface area (Å²) in [5, 5.41) is 0. The molecule has 0 bridgehead atoms. The van der Waals surface area contributed by atoms with Crippen molar-refractivity contribution in [3.63, 3.8) is 0 Å². The van der Waals surface area contributed by atoms with Gasteiger partial charge >= 0.3 is 0 Å². The summed E-state index contributed by atoms with van der Waals surface area (Å²) in [6, 6.07) is 16.4. The SMILES string of the molecule is Cc1ccccc1N1CC(c2nc3ccccc3n2CC(C)C)CC1=O. The molecule has 0 spiro atoms. The molecule has 0 N–H and O–H groups in total. The molecule has 4 heteroatoms. The molecule has 1 atom stereocenters. The zero-order chi connectivity index (χ0) is 18.3. The van der Waals surface area contributed by atoms with Crippen molar-refractivity contribution in [2.75, 3.05) is 11.4 Å². The Morgan fingerprint density at radius 3 is 2.62 bits per heavy atom. The van der Waals surface area contributed by atoms with E-state index in [9.17, 15) is 4.79 Å². The van der Waals surface area contributed by atoms with Gasteiger partial charge in [-0.15, -0.1) is 0 Å². The second-order valence-electron chi connectivity index (χ2n) is 7.66. The van der Waals surface area contributed by atoms with Crippen LogP contribution in [-0.2, 0) is 11.3 Å². The van der Waals surface area contributed by atoms with Gasteiger partial charge in [0.15, 0.2) is 0 Å². The molecule has 4 rings (SSSR count). The van der Waals surface area contributed by atoms with Crippen LogP contribution in [0.4, 0.5) is 5.69 Å². The molecule has 0 saturated carbocycles. The smallest absolute Gasteiger partial charge is 0.227 e. The lowest BCUT2D eigenvalue weighted by Gasteiger charge is -2.19. The van der Waals surface area contributed by atoms with Crippen molar-refractivity contribution in [3.05, 3.63) is 59.9 Å². The molecular weight excluding hydrogens is 322 g/mol. The molecule has 1 amide bonds. The van der Waals surface area contributed by atoms with Gasteiger partial charge in [0.2, 0.25) is 5.91 Å². The Labute approximate surface area is 154 Å². The zero-order valence-corrected chi connectivity index (χ0v) is 15.6. The van der Waals surface area contributed by atoms with Crippen LogP contribution in [0.15, 0.2) is 48.5 Å². The molecule has 1 aliphatic rings. The fourth-order valence-electron chi connectivity index (χ4n) is 3.94. The number of fused-ring (bicyclic) bond motifs is 1. The van der Waals surface area contributed by atoms with E-state index in [1.54, 1.807) is 0 Å². The number of hydrogen-bond donors (Lipinski definition) is 0. The molecule has 1 unspecified atom stereocenters. The lowest BCUT2D eigenvalue weighted by molar-refractivity contribution is -0.117. The number of aromatic nitrogens is 2. The Balaban J connectivity index is 1.72. The maximum absolute atomic E-state index is 12.7. The monoisotopic (exact) mass is 347 g/mol. The van der Waals surface area contributed by atoms with Gasteiger partial charge in [0.25, 0.3) is 0 Å². The number of aryl methyl sites for hydroxylation is 1. The van der Waals surface area contributed by atoms with Gasteiger partial charge in [-0.1, -0.05) is 44.2 Å². The van der Waals surface area contributed by atoms with Gasteiger partial charge in [-0.2, -0.15) is 0 Å². The summed E-state index contributed by atoms with van der Waals surface area (Å²) in [4.78, 5) is 19.6. The van der Waals surface area contributed by atoms with Crippen LogP contribution in [0.25, 0.3) is 11.0 Å². The third-order valence-electron chi connectivity index (χ3n) is 5.13. The Morgan fingerprint density at radius 2 is 1.85 bits per heavy atom. The van der Waals surface area contributed by atoms with E-state index in [2.05, 4.69) is 49.6 Å². The first-order valence-corrected chi connectivity index (χ1v) is 9.35. The molecular formula is C22H25N3O. The van der Waals surface area contributed by atoms with Crippen molar-refractivity contribution in [1.82, 2.24) is 9.55 Å². The molecule has 1 fully saturated rings. The number of nitrogens with zero attached hydrogens (tertiary/aromatic N) is 3. The molecule has 1 aliphatic heterocycles. The number of carbonyl (C=O) groups excluding carboxylic acids is 1. The highest BCUT2D eigenvalue weighted by Gasteiger charge is 2.35. The number of imidazole rings is 1. The summed E-state index contributed by atoms with van der Waals surface area (Å²) in [5.41, 5.74) is 4.34. The number of amides is 1. The van der Waals surface area contributed by atoms with Crippen molar-refractivity contribution in [2.24, 2.45) is 5.92 Å². The lowest BCUT2D eigenvalue weighted by Crippen LogP contribution is -2.25. The van der Waals surface area contributed by atoms with Crippen LogP contribution >= 0.6 is 0 Å². The van der Waals surface area contributed by atoms with Crippen molar-refractivity contribution < 1.29 is 4.79 Å². The summed E-state index contributed by atoms with van der Waals surface area (Å²) in [6.07, 6.45) is 0.524.